The summed E-state index contributed by atoms with van der Waals surface area (Å²) < 4.78 is 0. The van der Waals surface area contributed by atoms with E-state index >= 15 is 0 Å². The van der Waals surface area contributed by atoms with Gasteiger partial charge in [0.25, 0.3) is 0 Å². The van der Waals surface area contributed by atoms with E-state index in [9.17, 15) is 4.79 Å². The fourth-order valence-electron chi connectivity index (χ4n) is 1.76. The summed E-state index contributed by atoms with van der Waals surface area (Å²) in [5.41, 5.74) is 2.37. The molecule has 1 aromatic rings. The number of nitrogens with one attached hydrogen (secondary N) is 2. The number of urea groups is 1. The zero-order valence-electron chi connectivity index (χ0n) is 11.6. The Hall–Kier alpha value is -1.51. The summed E-state index contributed by atoms with van der Waals surface area (Å²) in [6, 6.07) is 8.00. The fraction of sp³-hybridized carbons (Fsp3) is 0.533. The fourth-order valence-corrected chi connectivity index (χ4v) is 1.76. The van der Waals surface area contributed by atoms with Crippen LogP contribution < -0.4 is 10.6 Å². The van der Waals surface area contributed by atoms with Gasteiger partial charge < -0.3 is 10.6 Å². The maximum atomic E-state index is 11.6. The van der Waals surface area contributed by atoms with Crippen molar-refractivity contribution in [1.82, 2.24) is 10.6 Å². The monoisotopic (exact) mass is 248 g/mol. The van der Waals surface area contributed by atoms with Gasteiger partial charge in [0.2, 0.25) is 0 Å². The Bertz CT molecular complexity index is 375. The van der Waals surface area contributed by atoms with Crippen LogP contribution >= 0.6 is 0 Å². The van der Waals surface area contributed by atoms with E-state index in [1.807, 2.05) is 18.2 Å². The quantitative estimate of drug-likeness (QED) is 0.746. The first kappa shape index (κ1) is 14.6. The Labute approximate surface area is 110 Å². The van der Waals surface area contributed by atoms with E-state index in [0.717, 1.165) is 24.9 Å². The number of hydrogen-bond donors (Lipinski definition) is 2. The van der Waals surface area contributed by atoms with E-state index in [1.165, 1.54) is 5.56 Å². The van der Waals surface area contributed by atoms with E-state index in [0.29, 0.717) is 12.5 Å². The molecular weight excluding hydrogens is 224 g/mol. The molecule has 0 saturated carbocycles. The maximum absolute atomic E-state index is 11.6. The van der Waals surface area contributed by atoms with Gasteiger partial charge in [-0.3, -0.25) is 0 Å². The SMILES string of the molecule is Cc1ccccc1CNC(=O)NCCCC(C)C. The number of aryl methyl sites for hydroxylation is 1. The van der Waals surface area contributed by atoms with Gasteiger partial charge in [-0.05, 0) is 36.8 Å². The van der Waals surface area contributed by atoms with Crippen LogP contribution in [0.2, 0.25) is 0 Å². The third kappa shape index (κ3) is 5.71. The van der Waals surface area contributed by atoms with Crippen LogP contribution in [0.15, 0.2) is 24.3 Å². The number of benzene rings is 1. The van der Waals surface area contributed by atoms with Gasteiger partial charge >= 0.3 is 6.03 Å². The first-order valence-electron chi connectivity index (χ1n) is 6.66. The zero-order valence-corrected chi connectivity index (χ0v) is 11.6. The molecule has 0 spiro atoms. The highest BCUT2D eigenvalue weighted by molar-refractivity contribution is 5.73. The summed E-state index contributed by atoms with van der Waals surface area (Å²) in [7, 11) is 0. The van der Waals surface area contributed by atoms with Crippen molar-refractivity contribution in [2.24, 2.45) is 5.92 Å². The molecule has 0 aliphatic rings. The summed E-state index contributed by atoms with van der Waals surface area (Å²) in [5.74, 6) is 0.696. The molecule has 0 unspecified atom stereocenters. The lowest BCUT2D eigenvalue weighted by atomic mass is 10.1. The van der Waals surface area contributed by atoms with Crippen LogP contribution in [0.25, 0.3) is 0 Å². The predicted octanol–water partition coefficient (Wildman–Crippen LogP) is 3.23. The minimum Gasteiger partial charge on any atom is -0.338 e. The minimum absolute atomic E-state index is 0.0815. The highest BCUT2D eigenvalue weighted by Gasteiger charge is 2.01. The number of rotatable bonds is 6. The molecule has 100 valence electrons. The van der Waals surface area contributed by atoms with Gasteiger partial charge in [0.1, 0.15) is 0 Å². The van der Waals surface area contributed by atoms with Crippen LogP contribution in [-0.2, 0) is 6.54 Å². The standard InChI is InChI=1S/C15H24N2O/c1-12(2)7-6-10-16-15(18)17-11-14-9-5-4-8-13(14)3/h4-5,8-9,12H,6-7,10-11H2,1-3H3,(H2,16,17,18). The van der Waals surface area contributed by atoms with Gasteiger partial charge in [-0.2, -0.15) is 0 Å². The largest absolute Gasteiger partial charge is 0.338 e. The van der Waals surface area contributed by atoms with Crippen molar-refractivity contribution in [3.05, 3.63) is 35.4 Å². The molecule has 0 saturated heterocycles. The Kier molecular flexibility index (Phi) is 6.26. The summed E-state index contributed by atoms with van der Waals surface area (Å²) in [5, 5.41) is 5.76. The third-order valence-corrected chi connectivity index (χ3v) is 2.94. The molecule has 3 nitrogen and oxygen atoms in total. The van der Waals surface area contributed by atoms with Gasteiger partial charge in [-0.25, -0.2) is 4.79 Å². The molecule has 0 aromatic heterocycles. The normalized spacial score (nSPS) is 10.4. The summed E-state index contributed by atoms with van der Waals surface area (Å²) in [4.78, 5) is 11.6. The molecule has 1 rings (SSSR count). The van der Waals surface area contributed by atoms with Gasteiger partial charge in [-0.1, -0.05) is 38.1 Å². The first-order chi connectivity index (χ1) is 8.59. The lowest BCUT2D eigenvalue weighted by Crippen LogP contribution is -2.35. The smallest absolute Gasteiger partial charge is 0.315 e. The van der Waals surface area contributed by atoms with Crippen LogP contribution in [0.3, 0.4) is 0 Å². The molecule has 2 N–H and O–H groups in total. The van der Waals surface area contributed by atoms with Crippen molar-refractivity contribution in [2.45, 2.75) is 40.2 Å². The Morgan fingerprint density at radius 3 is 2.61 bits per heavy atom. The van der Waals surface area contributed by atoms with Crippen LogP contribution in [-0.4, -0.2) is 12.6 Å². The number of carbonyl (C=O) groups is 1. The van der Waals surface area contributed by atoms with E-state index < -0.39 is 0 Å². The first-order valence-corrected chi connectivity index (χ1v) is 6.66. The van der Waals surface area contributed by atoms with Crippen LogP contribution in [0.1, 0.15) is 37.8 Å². The number of hydrogen-bond acceptors (Lipinski definition) is 1. The summed E-state index contributed by atoms with van der Waals surface area (Å²) in [6.07, 6.45) is 2.19. The van der Waals surface area contributed by atoms with E-state index in [2.05, 4.69) is 37.5 Å². The third-order valence-electron chi connectivity index (χ3n) is 2.94. The molecular formula is C15H24N2O. The van der Waals surface area contributed by atoms with Crippen LogP contribution in [0, 0.1) is 12.8 Å². The topological polar surface area (TPSA) is 41.1 Å². The molecule has 0 radical (unpaired) electrons. The Balaban J connectivity index is 2.19. The molecule has 0 aliphatic heterocycles. The predicted molar refractivity (Wildman–Crippen MR) is 75.5 cm³/mol. The number of carbonyl (C=O) groups excluding carboxylic acids is 1. The molecule has 0 aliphatic carbocycles. The summed E-state index contributed by atoms with van der Waals surface area (Å²) in [6.45, 7) is 7.77. The highest BCUT2D eigenvalue weighted by Crippen LogP contribution is 2.06. The van der Waals surface area contributed by atoms with E-state index in [-0.39, 0.29) is 6.03 Å². The second kappa shape index (κ2) is 7.75. The summed E-state index contributed by atoms with van der Waals surface area (Å²) >= 11 is 0. The lowest BCUT2D eigenvalue weighted by molar-refractivity contribution is 0.240. The second-order valence-electron chi connectivity index (χ2n) is 5.07. The molecule has 1 aromatic carbocycles. The van der Waals surface area contributed by atoms with Crippen LogP contribution in [0.4, 0.5) is 4.79 Å². The second-order valence-corrected chi connectivity index (χ2v) is 5.07. The van der Waals surface area contributed by atoms with Gasteiger partial charge in [0.15, 0.2) is 0 Å². The van der Waals surface area contributed by atoms with Crippen molar-refractivity contribution in [1.29, 1.82) is 0 Å². The molecule has 3 heteroatoms. The van der Waals surface area contributed by atoms with Crippen molar-refractivity contribution >= 4 is 6.03 Å². The average Bonchev–Trinajstić information content (AvgIpc) is 2.33. The highest BCUT2D eigenvalue weighted by atomic mass is 16.2. The van der Waals surface area contributed by atoms with Crippen molar-refractivity contribution < 1.29 is 4.79 Å². The van der Waals surface area contributed by atoms with E-state index in [4.69, 9.17) is 0 Å². The van der Waals surface area contributed by atoms with Gasteiger partial charge in [0.05, 0.1) is 0 Å². The number of amides is 2. The molecule has 0 fully saturated rings. The molecule has 0 heterocycles. The molecule has 2 amide bonds. The molecule has 0 bridgehead atoms. The van der Waals surface area contributed by atoms with Gasteiger partial charge in [0, 0.05) is 13.1 Å². The molecule has 0 atom stereocenters. The Morgan fingerprint density at radius 2 is 1.94 bits per heavy atom. The van der Waals surface area contributed by atoms with Gasteiger partial charge in [-0.15, -0.1) is 0 Å². The van der Waals surface area contributed by atoms with Crippen molar-refractivity contribution in [3.8, 4) is 0 Å². The lowest BCUT2D eigenvalue weighted by Gasteiger charge is -2.10. The van der Waals surface area contributed by atoms with Crippen molar-refractivity contribution in [2.75, 3.05) is 6.54 Å². The molecule has 18 heavy (non-hydrogen) atoms. The average molecular weight is 248 g/mol. The minimum atomic E-state index is -0.0815. The van der Waals surface area contributed by atoms with E-state index in [1.54, 1.807) is 0 Å². The Morgan fingerprint density at radius 1 is 1.22 bits per heavy atom. The van der Waals surface area contributed by atoms with Crippen molar-refractivity contribution in [3.63, 3.8) is 0 Å². The zero-order chi connectivity index (χ0) is 13.4. The maximum Gasteiger partial charge on any atom is 0.315 e. The van der Waals surface area contributed by atoms with Crippen LogP contribution in [0.5, 0.6) is 0 Å².